The second kappa shape index (κ2) is 4.35. The monoisotopic (exact) mass is 202 g/mol. The van der Waals surface area contributed by atoms with Crippen molar-refractivity contribution in [1.82, 2.24) is 0 Å². The molecule has 0 aromatic carbocycles. The third-order valence-corrected chi connectivity index (χ3v) is 2.83. The van der Waals surface area contributed by atoms with E-state index < -0.39 is 12.6 Å². The largest absolute Gasteiger partial charge is 0.389 e. The van der Waals surface area contributed by atoms with Gasteiger partial charge in [-0.3, -0.25) is 0 Å². The van der Waals surface area contributed by atoms with Crippen molar-refractivity contribution in [1.29, 1.82) is 0 Å². The van der Waals surface area contributed by atoms with E-state index in [4.69, 9.17) is 11.6 Å². The van der Waals surface area contributed by atoms with E-state index in [0.29, 0.717) is 12.3 Å². The van der Waals surface area contributed by atoms with E-state index in [0.717, 1.165) is 0 Å². The standard InChI is InChI=1S/C8H14ClF3/c1-3-7(2,6-9)4-5-8(10,11)12/h3-6H2,1-2H3. The second-order valence-electron chi connectivity index (χ2n) is 3.41. The predicted octanol–water partition coefficient (Wildman–Crippen LogP) is 3.98. The molecule has 0 bridgehead atoms. The molecule has 0 amide bonds. The molecular weight excluding hydrogens is 189 g/mol. The zero-order valence-corrected chi connectivity index (χ0v) is 8.10. The van der Waals surface area contributed by atoms with Crippen LogP contribution in [0, 0.1) is 5.41 Å². The van der Waals surface area contributed by atoms with E-state index in [1.165, 1.54) is 0 Å². The topological polar surface area (TPSA) is 0 Å². The molecule has 0 spiro atoms. The van der Waals surface area contributed by atoms with Crippen LogP contribution in [0.5, 0.6) is 0 Å². The quantitative estimate of drug-likeness (QED) is 0.605. The van der Waals surface area contributed by atoms with E-state index >= 15 is 0 Å². The first kappa shape index (κ1) is 12.1. The van der Waals surface area contributed by atoms with Gasteiger partial charge in [0, 0.05) is 12.3 Å². The molecule has 0 aliphatic rings. The van der Waals surface area contributed by atoms with Crippen molar-refractivity contribution in [3.05, 3.63) is 0 Å². The summed E-state index contributed by atoms with van der Waals surface area (Å²) in [6, 6.07) is 0. The first-order chi connectivity index (χ1) is 5.33. The number of rotatable bonds is 4. The summed E-state index contributed by atoms with van der Waals surface area (Å²) in [6.45, 7) is 3.64. The van der Waals surface area contributed by atoms with Gasteiger partial charge < -0.3 is 0 Å². The molecule has 0 N–H and O–H groups in total. The summed E-state index contributed by atoms with van der Waals surface area (Å²) in [4.78, 5) is 0. The third-order valence-electron chi connectivity index (χ3n) is 2.19. The van der Waals surface area contributed by atoms with Crippen molar-refractivity contribution in [2.75, 3.05) is 5.88 Å². The highest BCUT2D eigenvalue weighted by atomic mass is 35.5. The van der Waals surface area contributed by atoms with Gasteiger partial charge in [0.1, 0.15) is 0 Å². The average Bonchev–Trinajstić information content (AvgIpc) is 1.99. The Hall–Kier alpha value is 0.0800. The molecule has 74 valence electrons. The Balaban J connectivity index is 3.89. The number of hydrogen-bond acceptors (Lipinski definition) is 0. The summed E-state index contributed by atoms with van der Waals surface area (Å²) in [5.41, 5.74) is -0.364. The molecule has 0 fully saturated rings. The third kappa shape index (κ3) is 4.86. The van der Waals surface area contributed by atoms with Crippen molar-refractivity contribution in [3.63, 3.8) is 0 Å². The summed E-state index contributed by atoms with van der Waals surface area (Å²) in [5, 5.41) is 0. The van der Waals surface area contributed by atoms with Crippen LogP contribution in [0.3, 0.4) is 0 Å². The Labute approximate surface area is 76.1 Å². The molecule has 0 aromatic rings. The second-order valence-corrected chi connectivity index (χ2v) is 3.68. The van der Waals surface area contributed by atoms with Gasteiger partial charge in [-0.15, -0.1) is 11.6 Å². The van der Waals surface area contributed by atoms with Crippen LogP contribution in [-0.4, -0.2) is 12.1 Å². The SMILES string of the molecule is CCC(C)(CCl)CCC(F)(F)F. The van der Waals surface area contributed by atoms with Gasteiger partial charge in [-0.1, -0.05) is 13.8 Å². The maximum absolute atomic E-state index is 11.8. The molecule has 0 rings (SSSR count). The zero-order valence-electron chi connectivity index (χ0n) is 7.34. The van der Waals surface area contributed by atoms with Crippen molar-refractivity contribution in [3.8, 4) is 0 Å². The van der Waals surface area contributed by atoms with Crippen LogP contribution in [0.2, 0.25) is 0 Å². The fourth-order valence-corrected chi connectivity index (χ4v) is 1.10. The molecule has 1 unspecified atom stereocenters. The van der Waals surface area contributed by atoms with Crippen LogP contribution in [0.25, 0.3) is 0 Å². The lowest BCUT2D eigenvalue weighted by Crippen LogP contribution is -2.21. The molecule has 0 aliphatic carbocycles. The molecule has 0 aliphatic heterocycles. The molecule has 0 saturated heterocycles. The van der Waals surface area contributed by atoms with Crippen LogP contribution in [0.1, 0.15) is 33.1 Å². The van der Waals surface area contributed by atoms with Gasteiger partial charge in [-0.25, -0.2) is 0 Å². The summed E-state index contributed by atoms with van der Waals surface area (Å²) in [7, 11) is 0. The highest BCUT2D eigenvalue weighted by Gasteiger charge is 2.31. The van der Waals surface area contributed by atoms with Crippen LogP contribution in [-0.2, 0) is 0 Å². The molecule has 12 heavy (non-hydrogen) atoms. The molecule has 0 nitrogen and oxygen atoms in total. The summed E-state index contributed by atoms with van der Waals surface area (Å²) < 4.78 is 35.4. The van der Waals surface area contributed by atoms with Gasteiger partial charge >= 0.3 is 6.18 Å². The lowest BCUT2D eigenvalue weighted by atomic mass is 9.85. The smallest absolute Gasteiger partial charge is 0.171 e. The maximum atomic E-state index is 11.8. The van der Waals surface area contributed by atoms with E-state index in [1.54, 1.807) is 6.92 Å². The lowest BCUT2D eigenvalue weighted by Gasteiger charge is -2.25. The van der Waals surface area contributed by atoms with Gasteiger partial charge in [-0.2, -0.15) is 13.2 Å². The Morgan fingerprint density at radius 2 is 1.67 bits per heavy atom. The van der Waals surface area contributed by atoms with Crippen molar-refractivity contribution < 1.29 is 13.2 Å². The number of alkyl halides is 4. The Kier molecular flexibility index (Phi) is 4.38. The van der Waals surface area contributed by atoms with Gasteiger partial charge in [0.2, 0.25) is 0 Å². The minimum atomic E-state index is -4.05. The Bertz CT molecular complexity index is 127. The Morgan fingerprint density at radius 3 is 1.92 bits per heavy atom. The Morgan fingerprint density at radius 1 is 1.17 bits per heavy atom. The predicted molar refractivity (Wildman–Crippen MR) is 44.4 cm³/mol. The molecule has 0 radical (unpaired) electrons. The molecule has 0 saturated carbocycles. The van der Waals surface area contributed by atoms with Gasteiger partial charge in [0.05, 0.1) is 0 Å². The first-order valence-corrected chi connectivity index (χ1v) is 4.49. The van der Waals surface area contributed by atoms with Crippen molar-refractivity contribution in [2.24, 2.45) is 5.41 Å². The van der Waals surface area contributed by atoms with Gasteiger partial charge in [-0.05, 0) is 18.3 Å². The number of hydrogen-bond donors (Lipinski definition) is 0. The molecular formula is C8H14ClF3. The highest BCUT2D eigenvalue weighted by Crippen LogP contribution is 2.33. The van der Waals surface area contributed by atoms with Crippen LogP contribution < -0.4 is 0 Å². The minimum absolute atomic E-state index is 0.122. The maximum Gasteiger partial charge on any atom is 0.389 e. The van der Waals surface area contributed by atoms with E-state index in [1.807, 2.05) is 6.92 Å². The first-order valence-electron chi connectivity index (χ1n) is 3.96. The van der Waals surface area contributed by atoms with Crippen LogP contribution >= 0.6 is 11.6 Å². The summed E-state index contributed by atoms with van der Waals surface area (Å²) in [6.07, 6.45) is -3.98. The fraction of sp³-hybridized carbons (Fsp3) is 1.00. The number of halogens is 4. The molecule has 0 aromatic heterocycles. The van der Waals surface area contributed by atoms with E-state index in [2.05, 4.69) is 0 Å². The summed E-state index contributed by atoms with van der Waals surface area (Å²) in [5.74, 6) is 0.291. The minimum Gasteiger partial charge on any atom is -0.171 e. The van der Waals surface area contributed by atoms with Crippen LogP contribution in [0.15, 0.2) is 0 Å². The van der Waals surface area contributed by atoms with Crippen molar-refractivity contribution in [2.45, 2.75) is 39.3 Å². The lowest BCUT2D eigenvalue weighted by molar-refractivity contribution is -0.140. The molecule has 1 atom stereocenters. The molecule has 4 heteroatoms. The zero-order chi connectivity index (χ0) is 9.83. The molecule has 0 heterocycles. The van der Waals surface area contributed by atoms with E-state index in [-0.39, 0.29) is 11.8 Å². The van der Waals surface area contributed by atoms with Crippen molar-refractivity contribution >= 4 is 11.6 Å². The fourth-order valence-electron chi connectivity index (χ4n) is 0.782. The highest BCUT2D eigenvalue weighted by molar-refractivity contribution is 6.18. The summed E-state index contributed by atoms with van der Waals surface area (Å²) >= 11 is 5.57. The van der Waals surface area contributed by atoms with Gasteiger partial charge in [0.25, 0.3) is 0 Å². The average molecular weight is 203 g/mol. The van der Waals surface area contributed by atoms with Crippen LogP contribution in [0.4, 0.5) is 13.2 Å². The normalized spacial score (nSPS) is 17.5. The van der Waals surface area contributed by atoms with Gasteiger partial charge in [0.15, 0.2) is 0 Å². The van der Waals surface area contributed by atoms with E-state index in [9.17, 15) is 13.2 Å².